The van der Waals surface area contributed by atoms with E-state index in [-0.39, 0.29) is 13.2 Å². The van der Waals surface area contributed by atoms with Crippen molar-refractivity contribution in [1.29, 1.82) is 0 Å². The van der Waals surface area contributed by atoms with Crippen LogP contribution in [0.2, 0.25) is 0 Å². The van der Waals surface area contributed by atoms with Crippen molar-refractivity contribution in [2.45, 2.75) is 38.3 Å². The van der Waals surface area contributed by atoms with Crippen molar-refractivity contribution < 1.29 is 10.2 Å². The summed E-state index contributed by atoms with van der Waals surface area (Å²) >= 11 is 0. The normalized spacial score (nSPS) is 15.6. The van der Waals surface area contributed by atoms with Crippen LogP contribution in [0.4, 0.5) is 5.82 Å². The number of aliphatic hydroxyl groups is 2. The van der Waals surface area contributed by atoms with Gasteiger partial charge in [-0.3, -0.25) is 0 Å². The van der Waals surface area contributed by atoms with Crippen LogP contribution in [0.5, 0.6) is 0 Å². The van der Waals surface area contributed by atoms with Crippen LogP contribution >= 0.6 is 0 Å². The van der Waals surface area contributed by atoms with E-state index in [2.05, 4.69) is 15.1 Å². The Morgan fingerprint density at radius 3 is 2.53 bits per heavy atom. The minimum absolute atomic E-state index is 0.0760. The first kappa shape index (κ1) is 12.3. The zero-order chi connectivity index (χ0) is 12.1. The predicted molar refractivity (Wildman–Crippen MR) is 64.6 cm³/mol. The van der Waals surface area contributed by atoms with Crippen LogP contribution in [0.3, 0.4) is 0 Å². The third kappa shape index (κ3) is 2.92. The molecule has 5 heteroatoms. The molecule has 2 N–H and O–H groups in total. The third-order valence-corrected chi connectivity index (χ3v) is 3.23. The zero-order valence-electron chi connectivity index (χ0n) is 9.92. The lowest BCUT2D eigenvalue weighted by atomic mass is 9.91. The first-order valence-electron chi connectivity index (χ1n) is 6.16. The summed E-state index contributed by atoms with van der Waals surface area (Å²) in [5.41, 5.74) is 0.587. The summed E-state index contributed by atoms with van der Waals surface area (Å²) in [5.74, 6) is 0.848. The molecule has 0 atom stereocenters. The van der Waals surface area contributed by atoms with Crippen molar-refractivity contribution in [3.63, 3.8) is 0 Å². The van der Waals surface area contributed by atoms with Crippen molar-refractivity contribution in [2.24, 2.45) is 0 Å². The number of nitrogens with zero attached hydrogens (tertiary/aromatic N) is 3. The van der Waals surface area contributed by atoms with E-state index in [4.69, 9.17) is 10.2 Å². The number of hydrogen-bond donors (Lipinski definition) is 2. The van der Waals surface area contributed by atoms with Gasteiger partial charge in [0.2, 0.25) is 0 Å². The lowest BCUT2D eigenvalue weighted by molar-refractivity contribution is 0.275. The molecular formula is C12H19N3O2. The smallest absolute Gasteiger partial charge is 0.151 e. The summed E-state index contributed by atoms with van der Waals surface area (Å²) in [4.78, 5) is 2.22. The van der Waals surface area contributed by atoms with Crippen LogP contribution in [-0.4, -0.2) is 39.6 Å². The van der Waals surface area contributed by atoms with Crippen molar-refractivity contribution in [1.82, 2.24) is 10.2 Å². The van der Waals surface area contributed by atoms with Gasteiger partial charge in [-0.15, -0.1) is 5.10 Å². The van der Waals surface area contributed by atoms with Crippen molar-refractivity contribution >= 4 is 5.82 Å². The Balaban J connectivity index is 2.06. The molecule has 0 unspecified atom stereocenters. The average molecular weight is 237 g/mol. The van der Waals surface area contributed by atoms with E-state index in [1.807, 2.05) is 6.07 Å². The molecule has 1 aliphatic carbocycles. The predicted octanol–water partition coefficient (Wildman–Crippen LogP) is 0.710. The molecular weight excluding hydrogens is 218 g/mol. The van der Waals surface area contributed by atoms with Crippen molar-refractivity contribution in [3.05, 3.63) is 17.8 Å². The SMILES string of the molecule is OCCCN(c1ccc(CO)nn1)C1CCC1. The highest BCUT2D eigenvalue weighted by molar-refractivity contribution is 5.39. The summed E-state index contributed by atoms with van der Waals surface area (Å²) in [7, 11) is 0. The minimum atomic E-state index is -0.0760. The molecule has 0 aliphatic heterocycles. The Kier molecular flexibility index (Phi) is 4.28. The molecule has 0 aromatic carbocycles. The van der Waals surface area contributed by atoms with Gasteiger partial charge in [0.05, 0.1) is 12.3 Å². The first-order chi connectivity index (χ1) is 8.35. The molecule has 1 saturated carbocycles. The molecule has 0 spiro atoms. The second kappa shape index (κ2) is 5.93. The molecule has 0 saturated heterocycles. The highest BCUT2D eigenvalue weighted by Crippen LogP contribution is 2.28. The fraction of sp³-hybridized carbons (Fsp3) is 0.667. The van der Waals surface area contributed by atoms with E-state index in [1.54, 1.807) is 6.07 Å². The molecule has 0 amide bonds. The molecule has 5 nitrogen and oxygen atoms in total. The monoisotopic (exact) mass is 237 g/mol. The molecule has 1 aromatic rings. The number of anilines is 1. The van der Waals surface area contributed by atoms with Gasteiger partial charge in [-0.25, -0.2) is 0 Å². The second-order valence-electron chi connectivity index (χ2n) is 4.40. The van der Waals surface area contributed by atoms with E-state index in [0.717, 1.165) is 18.8 Å². The molecule has 1 heterocycles. The van der Waals surface area contributed by atoms with E-state index in [0.29, 0.717) is 11.7 Å². The summed E-state index contributed by atoms with van der Waals surface area (Å²) in [6.07, 6.45) is 4.39. The number of aromatic nitrogens is 2. The molecule has 1 aromatic heterocycles. The average Bonchev–Trinajstić information content (AvgIpc) is 2.32. The number of rotatable bonds is 6. The fourth-order valence-corrected chi connectivity index (χ4v) is 2.01. The van der Waals surface area contributed by atoms with Crippen LogP contribution in [0.25, 0.3) is 0 Å². The Morgan fingerprint density at radius 2 is 2.06 bits per heavy atom. The van der Waals surface area contributed by atoms with Gasteiger partial charge in [0.15, 0.2) is 5.82 Å². The Hall–Kier alpha value is -1.20. The highest BCUT2D eigenvalue weighted by Gasteiger charge is 2.25. The molecule has 2 rings (SSSR count). The number of aliphatic hydroxyl groups excluding tert-OH is 2. The van der Waals surface area contributed by atoms with E-state index in [9.17, 15) is 0 Å². The quantitative estimate of drug-likeness (QED) is 0.762. The number of hydrogen-bond acceptors (Lipinski definition) is 5. The summed E-state index contributed by atoms with van der Waals surface area (Å²) < 4.78 is 0. The van der Waals surface area contributed by atoms with Crippen LogP contribution in [0, 0.1) is 0 Å². The van der Waals surface area contributed by atoms with Gasteiger partial charge in [0.1, 0.15) is 0 Å². The van der Waals surface area contributed by atoms with Crippen LogP contribution in [0.1, 0.15) is 31.4 Å². The molecule has 94 valence electrons. The van der Waals surface area contributed by atoms with Crippen molar-refractivity contribution in [3.8, 4) is 0 Å². The maximum absolute atomic E-state index is 8.93. The maximum atomic E-state index is 8.93. The van der Waals surface area contributed by atoms with Gasteiger partial charge in [0.25, 0.3) is 0 Å². The van der Waals surface area contributed by atoms with Gasteiger partial charge in [-0.2, -0.15) is 5.10 Å². The van der Waals surface area contributed by atoms with Gasteiger partial charge < -0.3 is 15.1 Å². The summed E-state index contributed by atoms with van der Waals surface area (Å²) in [6.45, 7) is 0.938. The van der Waals surface area contributed by atoms with Gasteiger partial charge in [-0.05, 0) is 37.8 Å². The Bertz CT molecular complexity index is 338. The first-order valence-corrected chi connectivity index (χ1v) is 6.16. The lowest BCUT2D eigenvalue weighted by Gasteiger charge is -2.38. The zero-order valence-corrected chi connectivity index (χ0v) is 9.92. The topological polar surface area (TPSA) is 69.5 Å². The van der Waals surface area contributed by atoms with Gasteiger partial charge in [0, 0.05) is 19.2 Å². The van der Waals surface area contributed by atoms with Crippen LogP contribution in [-0.2, 0) is 6.61 Å². The highest BCUT2D eigenvalue weighted by atomic mass is 16.3. The van der Waals surface area contributed by atoms with Crippen LogP contribution < -0.4 is 4.90 Å². The molecule has 0 bridgehead atoms. The summed E-state index contributed by atoms with van der Waals surface area (Å²) in [6, 6.07) is 4.23. The van der Waals surface area contributed by atoms with Gasteiger partial charge in [-0.1, -0.05) is 0 Å². The summed E-state index contributed by atoms with van der Waals surface area (Å²) in [5, 5.41) is 25.9. The molecule has 0 radical (unpaired) electrons. The molecule has 1 fully saturated rings. The molecule has 17 heavy (non-hydrogen) atoms. The Labute approximate surface area is 101 Å². The Morgan fingerprint density at radius 1 is 1.24 bits per heavy atom. The third-order valence-electron chi connectivity index (χ3n) is 3.23. The maximum Gasteiger partial charge on any atom is 0.151 e. The fourth-order valence-electron chi connectivity index (χ4n) is 2.01. The van der Waals surface area contributed by atoms with E-state index >= 15 is 0 Å². The van der Waals surface area contributed by atoms with E-state index in [1.165, 1.54) is 19.3 Å². The van der Waals surface area contributed by atoms with Gasteiger partial charge >= 0.3 is 0 Å². The largest absolute Gasteiger partial charge is 0.396 e. The standard InChI is InChI=1S/C12H19N3O2/c16-8-2-7-15(11-3-1-4-11)12-6-5-10(9-17)13-14-12/h5-6,11,16-17H,1-4,7-9H2. The minimum Gasteiger partial charge on any atom is -0.396 e. The lowest BCUT2D eigenvalue weighted by Crippen LogP contribution is -2.41. The van der Waals surface area contributed by atoms with E-state index < -0.39 is 0 Å². The van der Waals surface area contributed by atoms with Crippen LogP contribution in [0.15, 0.2) is 12.1 Å². The second-order valence-corrected chi connectivity index (χ2v) is 4.40. The molecule has 1 aliphatic rings. The van der Waals surface area contributed by atoms with Crippen molar-refractivity contribution in [2.75, 3.05) is 18.1 Å².